The van der Waals surface area contributed by atoms with E-state index >= 15 is 0 Å². The average molecular weight is 255 g/mol. The van der Waals surface area contributed by atoms with Crippen molar-refractivity contribution in [2.24, 2.45) is 0 Å². The molecule has 90 valence electrons. The van der Waals surface area contributed by atoms with Crippen molar-refractivity contribution in [3.63, 3.8) is 0 Å². The maximum absolute atomic E-state index is 5.57. The largest absolute Gasteiger partial charge is 0.493 e. The van der Waals surface area contributed by atoms with Crippen LogP contribution in [0.2, 0.25) is 5.28 Å². The fourth-order valence-electron chi connectivity index (χ4n) is 1.47. The van der Waals surface area contributed by atoms with Crippen molar-refractivity contribution in [1.29, 1.82) is 0 Å². The first kappa shape index (κ1) is 11.7. The van der Waals surface area contributed by atoms with Crippen LogP contribution in [0.25, 0.3) is 0 Å². The van der Waals surface area contributed by atoms with Crippen LogP contribution in [-0.2, 0) is 6.42 Å². The number of ether oxygens (including phenoxy) is 2. The van der Waals surface area contributed by atoms with Gasteiger partial charge in [-0.25, -0.2) is 0 Å². The second-order valence-electron chi connectivity index (χ2n) is 3.32. The highest BCUT2D eigenvalue weighted by Gasteiger charge is 2.08. The standard InChI is InChI=1S/C11H11ClN2O3/c1-15-8-4-3-7(5-9(8)16-2)6-10-13-11(12)14-17-10/h3-5H,6H2,1-2H3. The van der Waals surface area contributed by atoms with Crippen molar-refractivity contribution in [2.45, 2.75) is 6.42 Å². The van der Waals surface area contributed by atoms with E-state index in [0.717, 1.165) is 5.56 Å². The van der Waals surface area contributed by atoms with Gasteiger partial charge in [0.1, 0.15) is 0 Å². The van der Waals surface area contributed by atoms with Crippen molar-refractivity contribution >= 4 is 11.6 Å². The lowest BCUT2D eigenvalue weighted by atomic mass is 10.1. The van der Waals surface area contributed by atoms with E-state index in [1.807, 2.05) is 18.2 Å². The molecule has 0 aliphatic heterocycles. The number of methoxy groups -OCH3 is 2. The van der Waals surface area contributed by atoms with Crippen LogP contribution in [0.4, 0.5) is 0 Å². The molecule has 0 aliphatic carbocycles. The van der Waals surface area contributed by atoms with Crippen LogP contribution < -0.4 is 9.47 Å². The summed E-state index contributed by atoms with van der Waals surface area (Å²) in [5.41, 5.74) is 0.975. The van der Waals surface area contributed by atoms with Crippen LogP contribution in [0.5, 0.6) is 11.5 Å². The number of benzene rings is 1. The second-order valence-corrected chi connectivity index (χ2v) is 3.66. The lowest BCUT2D eigenvalue weighted by Crippen LogP contribution is -1.93. The number of halogens is 1. The molecule has 0 N–H and O–H groups in total. The first-order valence-corrected chi connectivity index (χ1v) is 5.29. The van der Waals surface area contributed by atoms with Gasteiger partial charge in [0, 0.05) is 0 Å². The molecule has 0 unspecified atom stereocenters. The Kier molecular flexibility index (Phi) is 3.49. The van der Waals surface area contributed by atoms with Crippen LogP contribution >= 0.6 is 11.6 Å². The summed E-state index contributed by atoms with van der Waals surface area (Å²) in [5.74, 6) is 1.80. The van der Waals surface area contributed by atoms with Gasteiger partial charge >= 0.3 is 0 Å². The lowest BCUT2D eigenvalue weighted by molar-refractivity contribution is 0.354. The molecule has 0 spiro atoms. The summed E-state index contributed by atoms with van der Waals surface area (Å²) in [5, 5.41) is 3.62. The molecule has 0 fully saturated rings. The summed E-state index contributed by atoms with van der Waals surface area (Å²) in [4.78, 5) is 3.92. The van der Waals surface area contributed by atoms with Gasteiger partial charge in [-0.1, -0.05) is 6.07 Å². The summed E-state index contributed by atoms with van der Waals surface area (Å²) in [6.07, 6.45) is 0.500. The number of aromatic nitrogens is 2. The normalized spacial score (nSPS) is 10.3. The van der Waals surface area contributed by atoms with Gasteiger partial charge < -0.3 is 14.0 Å². The van der Waals surface area contributed by atoms with Gasteiger partial charge in [-0.2, -0.15) is 4.98 Å². The Bertz CT molecular complexity index is 513. The molecule has 2 aromatic rings. The molecule has 0 bridgehead atoms. The molecular weight excluding hydrogens is 244 g/mol. The lowest BCUT2D eigenvalue weighted by Gasteiger charge is -2.08. The van der Waals surface area contributed by atoms with Crippen molar-refractivity contribution in [1.82, 2.24) is 10.1 Å². The molecule has 1 aromatic heterocycles. The third-order valence-corrected chi connectivity index (χ3v) is 2.40. The van der Waals surface area contributed by atoms with E-state index in [9.17, 15) is 0 Å². The van der Waals surface area contributed by atoms with Crippen LogP contribution in [0.3, 0.4) is 0 Å². The quantitative estimate of drug-likeness (QED) is 0.838. The van der Waals surface area contributed by atoms with Gasteiger partial charge in [0.05, 0.1) is 20.6 Å². The minimum absolute atomic E-state index is 0.112. The number of hydrogen-bond donors (Lipinski definition) is 0. The van der Waals surface area contributed by atoms with Crippen LogP contribution in [0.1, 0.15) is 11.5 Å². The predicted molar refractivity (Wildman–Crippen MR) is 61.7 cm³/mol. The molecule has 1 heterocycles. The molecule has 0 atom stereocenters. The highest BCUT2D eigenvalue weighted by atomic mass is 35.5. The van der Waals surface area contributed by atoms with Gasteiger partial charge in [0.2, 0.25) is 5.89 Å². The molecule has 1 aromatic carbocycles. The van der Waals surface area contributed by atoms with E-state index < -0.39 is 0 Å². The molecule has 5 nitrogen and oxygen atoms in total. The average Bonchev–Trinajstić information content (AvgIpc) is 2.74. The fraction of sp³-hybridized carbons (Fsp3) is 0.273. The zero-order valence-corrected chi connectivity index (χ0v) is 10.2. The van der Waals surface area contributed by atoms with E-state index in [2.05, 4.69) is 10.1 Å². The van der Waals surface area contributed by atoms with Crippen LogP contribution in [0.15, 0.2) is 22.7 Å². The first-order valence-electron chi connectivity index (χ1n) is 4.92. The first-order chi connectivity index (χ1) is 8.22. The SMILES string of the molecule is COc1ccc(Cc2nc(Cl)no2)cc1OC. The molecule has 0 radical (unpaired) electrons. The predicted octanol–water partition coefficient (Wildman–Crippen LogP) is 2.33. The molecule has 17 heavy (non-hydrogen) atoms. The van der Waals surface area contributed by atoms with Crippen molar-refractivity contribution in [3.05, 3.63) is 34.9 Å². The van der Waals surface area contributed by atoms with Crippen LogP contribution in [0, 0.1) is 0 Å². The topological polar surface area (TPSA) is 57.4 Å². The smallest absolute Gasteiger partial charge is 0.263 e. The van der Waals surface area contributed by atoms with Gasteiger partial charge in [0.15, 0.2) is 11.5 Å². The summed E-state index contributed by atoms with van der Waals surface area (Å²) in [7, 11) is 3.18. The summed E-state index contributed by atoms with van der Waals surface area (Å²) < 4.78 is 15.3. The molecular formula is C11H11ClN2O3. The van der Waals surface area contributed by atoms with E-state index in [0.29, 0.717) is 23.8 Å². The maximum atomic E-state index is 5.57. The third-order valence-electron chi connectivity index (χ3n) is 2.25. The zero-order chi connectivity index (χ0) is 12.3. The molecule has 0 saturated heterocycles. The van der Waals surface area contributed by atoms with Crippen molar-refractivity contribution in [3.8, 4) is 11.5 Å². The van der Waals surface area contributed by atoms with Gasteiger partial charge in [-0.3, -0.25) is 0 Å². The van der Waals surface area contributed by atoms with E-state index in [1.54, 1.807) is 14.2 Å². The Morgan fingerprint density at radius 1 is 1.24 bits per heavy atom. The number of nitrogens with zero attached hydrogens (tertiary/aromatic N) is 2. The molecule has 6 heteroatoms. The van der Waals surface area contributed by atoms with Gasteiger partial charge in [-0.15, -0.1) is 0 Å². The maximum Gasteiger partial charge on any atom is 0.263 e. The Labute approximate surface area is 103 Å². The van der Waals surface area contributed by atoms with E-state index in [-0.39, 0.29) is 5.28 Å². The van der Waals surface area contributed by atoms with Gasteiger partial charge in [-0.05, 0) is 34.5 Å². The van der Waals surface area contributed by atoms with Crippen LogP contribution in [-0.4, -0.2) is 24.4 Å². The fourth-order valence-corrected chi connectivity index (χ4v) is 1.60. The zero-order valence-electron chi connectivity index (χ0n) is 9.44. The second kappa shape index (κ2) is 5.05. The number of hydrogen-bond acceptors (Lipinski definition) is 5. The minimum Gasteiger partial charge on any atom is -0.493 e. The highest BCUT2D eigenvalue weighted by Crippen LogP contribution is 2.28. The van der Waals surface area contributed by atoms with E-state index in [4.69, 9.17) is 25.6 Å². The van der Waals surface area contributed by atoms with Gasteiger partial charge in [0.25, 0.3) is 5.28 Å². The summed E-state index contributed by atoms with van der Waals surface area (Å²) in [6, 6.07) is 5.59. The Balaban J connectivity index is 2.22. The monoisotopic (exact) mass is 254 g/mol. The summed E-state index contributed by atoms with van der Waals surface area (Å²) in [6.45, 7) is 0. The summed E-state index contributed by atoms with van der Waals surface area (Å²) >= 11 is 5.57. The molecule has 0 saturated carbocycles. The van der Waals surface area contributed by atoms with E-state index in [1.165, 1.54) is 0 Å². The van der Waals surface area contributed by atoms with Crippen molar-refractivity contribution in [2.75, 3.05) is 14.2 Å². The third kappa shape index (κ3) is 2.68. The number of rotatable bonds is 4. The molecule has 0 amide bonds. The minimum atomic E-state index is 0.112. The molecule has 2 rings (SSSR count). The highest BCUT2D eigenvalue weighted by molar-refractivity contribution is 6.28. The Hall–Kier alpha value is -1.75. The molecule has 0 aliphatic rings. The Morgan fingerprint density at radius 3 is 2.59 bits per heavy atom. The van der Waals surface area contributed by atoms with Crippen molar-refractivity contribution < 1.29 is 14.0 Å². The Morgan fingerprint density at radius 2 is 2.00 bits per heavy atom.